The standard InChI is InChI=1S/C20H21NO3.C12H11ClN2.CH2O/c1-2-24-18-9-7-17(8-10-18)20(12-13-20)21-19(23)16-5-3-15(4-6-16)11-14-22;13-10-4-6-11(7-5-10)15-9-12-3-1-2-8-14-12;1-2/h3-10,14H,2,11-13H2,1H3,(H,21,23);1-8,15H,9H2;1H2. The van der Waals surface area contributed by atoms with E-state index in [0.717, 1.165) is 59.0 Å². The average molecular weight is 572 g/mol. The number of hydrogen-bond acceptors (Lipinski definition) is 6. The largest absolute Gasteiger partial charge is 0.494 e. The molecule has 0 atom stereocenters. The smallest absolute Gasteiger partial charge is 0.251 e. The van der Waals surface area contributed by atoms with Crippen molar-refractivity contribution >= 4 is 36.3 Å². The number of aldehydes is 1. The highest BCUT2D eigenvalue weighted by atomic mass is 35.5. The van der Waals surface area contributed by atoms with Crippen molar-refractivity contribution in [3.05, 3.63) is 125 Å². The Kier molecular flexibility index (Phi) is 12.1. The number of halogens is 1. The second kappa shape index (κ2) is 15.9. The third-order valence-corrected chi connectivity index (χ3v) is 6.65. The molecule has 4 aromatic rings. The third-order valence-electron chi connectivity index (χ3n) is 6.40. The van der Waals surface area contributed by atoms with Crippen LogP contribution in [0.25, 0.3) is 0 Å². The number of nitrogens with zero attached hydrogens (tertiary/aromatic N) is 1. The number of nitrogens with one attached hydrogen (secondary N) is 2. The van der Waals surface area contributed by atoms with Gasteiger partial charge in [0.05, 0.1) is 24.4 Å². The molecule has 212 valence electrons. The fourth-order valence-electron chi connectivity index (χ4n) is 4.09. The van der Waals surface area contributed by atoms with Gasteiger partial charge in [0.2, 0.25) is 0 Å². The molecular formula is C33H34ClN3O4. The predicted molar refractivity (Wildman–Crippen MR) is 162 cm³/mol. The lowest BCUT2D eigenvalue weighted by Crippen LogP contribution is -2.34. The zero-order chi connectivity index (χ0) is 29.5. The fourth-order valence-corrected chi connectivity index (χ4v) is 4.21. The lowest BCUT2D eigenvalue weighted by molar-refractivity contribution is -0.107. The van der Waals surface area contributed by atoms with Crippen molar-refractivity contribution in [2.45, 2.75) is 38.3 Å². The first kappa shape index (κ1) is 31.0. The van der Waals surface area contributed by atoms with Gasteiger partial charge in [-0.2, -0.15) is 0 Å². The fraction of sp³-hybridized carbons (Fsp3) is 0.212. The lowest BCUT2D eigenvalue weighted by atomic mass is 10.0. The molecule has 1 heterocycles. The Morgan fingerprint density at radius 1 is 0.976 bits per heavy atom. The molecular weight excluding hydrogens is 538 g/mol. The van der Waals surface area contributed by atoms with E-state index in [1.807, 2.05) is 92.6 Å². The van der Waals surface area contributed by atoms with Gasteiger partial charge in [0, 0.05) is 28.9 Å². The Labute approximate surface area is 245 Å². The number of hydrogen-bond donors (Lipinski definition) is 2. The van der Waals surface area contributed by atoms with Crippen molar-refractivity contribution in [1.29, 1.82) is 0 Å². The van der Waals surface area contributed by atoms with E-state index in [0.29, 0.717) is 18.6 Å². The van der Waals surface area contributed by atoms with Crippen molar-refractivity contribution < 1.29 is 19.1 Å². The molecule has 3 aromatic carbocycles. The predicted octanol–water partition coefficient (Wildman–Crippen LogP) is 6.41. The third kappa shape index (κ3) is 9.58. The van der Waals surface area contributed by atoms with Crippen molar-refractivity contribution in [2.75, 3.05) is 11.9 Å². The highest BCUT2D eigenvalue weighted by molar-refractivity contribution is 6.30. The molecule has 0 aliphatic heterocycles. The van der Waals surface area contributed by atoms with E-state index in [9.17, 15) is 9.59 Å². The van der Waals surface area contributed by atoms with E-state index in [2.05, 4.69) is 15.6 Å². The molecule has 1 aliphatic carbocycles. The molecule has 1 aliphatic rings. The number of anilines is 1. The Bertz CT molecular complexity index is 1360. The molecule has 0 spiro atoms. The minimum atomic E-state index is -0.261. The normalized spacial score (nSPS) is 12.3. The monoisotopic (exact) mass is 571 g/mol. The van der Waals surface area contributed by atoms with E-state index in [1.54, 1.807) is 18.3 Å². The maximum absolute atomic E-state index is 12.5. The van der Waals surface area contributed by atoms with Crippen LogP contribution in [0.3, 0.4) is 0 Å². The highest BCUT2D eigenvalue weighted by Gasteiger charge is 2.45. The molecule has 1 aromatic heterocycles. The highest BCUT2D eigenvalue weighted by Crippen LogP contribution is 2.46. The molecule has 1 saturated carbocycles. The van der Waals surface area contributed by atoms with Crippen molar-refractivity contribution in [1.82, 2.24) is 10.3 Å². The molecule has 5 rings (SSSR count). The van der Waals surface area contributed by atoms with E-state index in [4.69, 9.17) is 21.1 Å². The Hall–Kier alpha value is -4.49. The van der Waals surface area contributed by atoms with Gasteiger partial charge in [0.15, 0.2) is 0 Å². The first-order chi connectivity index (χ1) is 20.0. The van der Waals surface area contributed by atoms with Gasteiger partial charge >= 0.3 is 0 Å². The van der Waals surface area contributed by atoms with Crippen LogP contribution in [0.1, 0.15) is 46.9 Å². The Morgan fingerprint density at radius 3 is 2.22 bits per heavy atom. The molecule has 8 heteroatoms. The van der Waals surface area contributed by atoms with Gasteiger partial charge in [0.25, 0.3) is 5.91 Å². The molecule has 2 N–H and O–H groups in total. The van der Waals surface area contributed by atoms with Gasteiger partial charge in [-0.3, -0.25) is 9.78 Å². The number of pyridine rings is 1. The van der Waals surface area contributed by atoms with Crippen LogP contribution in [0.4, 0.5) is 5.69 Å². The summed E-state index contributed by atoms with van der Waals surface area (Å²) in [5.74, 6) is 0.758. The van der Waals surface area contributed by atoms with Crippen LogP contribution < -0.4 is 15.4 Å². The summed E-state index contributed by atoms with van der Waals surface area (Å²) in [6.45, 7) is 5.32. The van der Waals surface area contributed by atoms with Crippen LogP contribution in [0.15, 0.2) is 97.2 Å². The van der Waals surface area contributed by atoms with Gasteiger partial charge in [-0.1, -0.05) is 41.9 Å². The summed E-state index contributed by atoms with van der Waals surface area (Å²) in [5.41, 5.74) is 4.44. The van der Waals surface area contributed by atoms with Crippen LogP contribution in [-0.2, 0) is 28.1 Å². The zero-order valence-corrected chi connectivity index (χ0v) is 23.8. The molecule has 0 radical (unpaired) electrons. The van der Waals surface area contributed by atoms with Crippen LogP contribution >= 0.6 is 11.6 Å². The van der Waals surface area contributed by atoms with Crippen molar-refractivity contribution in [3.8, 4) is 5.75 Å². The van der Waals surface area contributed by atoms with Gasteiger partial charge in [-0.15, -0.1) is 0 Å². The number of aromatic nitrogens is 1. The second-order valence-corrected chi connectivity index (χ2v) is 9.68. The molecule has 7 nitrogen and oxygen atoms in total. The van der Waals surface area contributed by atoms with Crippen LogP contribution in [0.5, 0.6) is 5.75 Å². The van der Waals surface area contributed by atoms with Gasteiger partial charge in [-0.05, 0) is 91.6 Å². The van der Waals surface area contributed by atoms with E-state index in [1.165, 1.54) is 0 Å². The van der Waals surface area contributed by atoms with E-state index >= 15 is 0 Å². The van der Waals surface area contributed by atoms with Crippen LogP contribution in [-0.4, -0.2) is 30.6 Å². The van der Waals surface area contributed by atoms with Gasteiger partial charge in [-0.25, -0.2) is 0 Å². The van der Waals surface area contributed by atoms with E-state index in [-0.39, 0.29) is 11.4 Å². The number of benzene rings is 3. The summed E-state index contributed by atoms with van der Waals surface area (Å²) in [6.07, 6.45) is 4.91. The topological polar surface area (TPSA) is 97.4 Å². The minimum Gasteiger partial charge on any atom is -0.494 e. The number of amides is 1. The SMILES string of the molecule is C=O.CCOc1ccc(C2(NC(=O)c3ccc(CC=O)cc3)CC2)cc1.Clc1ccc(NCc2ccccn2)cc1. The summed E-state index contributed by atoms with van der Waals surface area (Å²) in [4.78, 5) is 35.3. The lowest BCUT2D eigenvalue weighted by Gasteiger charge is -2.18. The molecule has 1 amide bonds. The molecule has 0 unspecified atom stereocenters. The van der Waals surface area contributed by atoms with Crippen molar-refractivity contribution in [3.63, 3.8) is 0 Å². The summed E-state index contributed by atoms with van der Waals surface area (Å²) in [6, 6.07) is 28.6. The summed E-state index contributed by atoms with van der Waals surface area (Å²) in [7, 11) is 0. The number of ether oxygens (including phenoxy) is 1. The summed E-state index contributed by atoms with van der Waals surface area (Å²) in [5, 5.41) is 7.17. The average Bonchev–Trinajstić information content (AvgIpc) is 3.80. The summed E-state index contributed by atoms with van der Waals surface area (Å²) >= 11 is 5.79. The minimum absolute atomic E-state index is 0.0842. The Balaban J connectivity index is 0.000000233. The second-order valence-electron chi connectivity index (χ2n) is 9.24. The van der Waals surface area contributed by atoms with Gasteiger partial charge < -0.3 is 25.0 Å². The number of carbonyl (C=O) groups is 3. The first-order valence-electron chi connectivity index (χ1n) is 13.3. The van der Waals surface area contributed by atoms with Crippen LogP contribution in [0.2, 0.25) is 5.02 Å². The van der Waals surface area contributed by atoms with E-state index < -0.39 is 0 Å². The molecule has 0 saturated heterocycles. The molecule has 41 heavy (non-hydrogen) atoms. The maximum Gasteiger partial charge on any atom is 0.251 e. The Morgan fingerprint density at radius 2 is 1.66 bits per heavy atom. The zero-order valence-electron chi connectivity index (χ0n) is 23.0. The summed E-state index contributed by atoms with van der Waals surface area (Å²) < 4.78 is 5.46. The van der Waals surface area contributed by atoms with Gasteiger partial charge in [0.1, 0.15) is 18.8 Å². The quantitative estimate of drug-likeness (QED) is 0.214. The van der Waals surface area contributed by atoms with Crippen molar-refractivity contribution in [2.24, 2.45) is 0 Å². The van der Waals surface area contributed by atoms with Crippen LogP contribution in [0, 0.1) is 0 Å². The maximum atomic E-state index is 12.5. The molecule has 1 fully saturated rings. The number of carbonyl (C=O) groups excluding carboxylic acids is 3. The molecule has 0 bridgehead atoms. The first-order valence-corrected chi connectivity index (χ1v) is 13.7. The number of rotatable bonds is 10.